The van der Waals surface area contributed by atoms with Gasteiger partial charge in [0.25, 0.3) is 5.91 Å². The van der Waals surface area contributed by atoms with Crippen LogP contribution in [0.2, 0.25) is 0 Å². The highest BCUT2D eigenvalue weighted by Gasteiger charge is 2.40. The highest BCUT2D eigenvalue weighted by Crippen LogP contribution is 2.31. The fraction of sp³-hybridized carbons (Fsp3) is 0.667. The van der Waals surface area contributed by atoms with Crippen molar-refractivity contribution in [3.05, 3.63) is 24.2 Å². The first-order valence-electron chi connectivity index (χ1n) is 10.6. The molecule has 1 N–H and O–H groups in total. The van der Waals surface area contributed by atoms with Gasteiger partial charge in [-0.2, -0.15) is 0 Å². The van der Waals surface area contributed by atoms with Crippen molar-refractivity contribution in [3.8, 4) is 0 Å². The molecule has 3 aliphatic heterocycles. The summed E-state index contributed by atoms with van der Waals surface area (Å²) in [6.45, 7) is 3.14. The van der Waals surface area contributed by atoms with Crippen LogP contribution in [-0.4, -0.2) is 71.3 Å². The minimum atomic E-state index is -0.801. The van der Waals surface area contributed by atoms with Gasteiger partial charge in [0.15, 0.2) is 0 Å². The first-order valence-corrected chi connectivity index (χ1v) is 10.6. The van der Waals surface area contributed by atoms with Crippen LogP contribution in [0.15, 0.2) is 22.8 Å². The van der Waals surface area contributed by atoms with Gasteiger partial charge in [-0.1, -0.05) is 6.42 Å². The largest absolute Gasteiger partial charge is 0.467 e. The number of imide groups is 1. The van der Waals surface area contributed by atoms with Gasteiger partial charge in [0.05, 0.1) is 19.2 Å². The Kier molecular flexibility index (Phi) is 5.89. The van der Waals surface area contributed by atoms with Crippen molar-refractivity contribution < 1.29 is 18.8 Å². The third kappa shape index (κ3) is 4.32. The molecule has 0 aliphatic carbocycles. The summed E-state index contributed by atoms with van der Waals surface area (Å²) in [6.07, 6.45) is 7.58. The number of furan rings is 1. The maximum Gasteiger partial charge on any atom is 0.325 e. The van der Waals surface area contributed by atoms with Crippen molar-refractivity contribution in [1.29, 1.82) is 0 Å². The van der Waals surface area contributed by atoms with Crippen LogP contribution < -0.4 is 5.32 Å². The maximum atomic E-state index is 12.8. The number of amides is 4. The lowest BCUT2D eigenvalue weighted by Crippen LogP contribution is -2.51. The molecule has 3 saturated heterocycles. The summed E-state index contributed by atoms with van der Waals surface area (Å²) in [5.74, 6) is 0.551. The number of rotatable bonds is 6. The molecule has 3 aliphatic rings. The lowest BCUT2D eigenvalue weighted by molar-refractivity contribution is -0.135. The Labute approximate surface area is 171 Å². The average molecular weight is 402 g/mol. The number of urea groups is 1. The maximum absolute atomic E-state index is 12.8. The van der Waals surface area contributed by atoms with Crippen LogP contribution in [0.3, 0.4) is 0 Å². The first kappa shape index (κ1) is 19.9. The SMILES string of the molecule is CN(C[C@@H]1CCCN2CCCC[C@H]12)C(=O)C[C@H]1NC(=O)N(Cc2ccco2)C1=O. The van der Waals surface area contributed by atoms with E-state index in [-0.39, 0.29) is 24.8 Å². The van der Waals surface area contributed by atoms with Crippen molar-refractivity contribution in [2.45, 2.75) is 57.2 Å². The molecule has 29 heavy (non-hydrogen) atoms. The first-order chi connectivity index (χ1) is 14.0. The summed E-state index contributed by atoms with van der Waals surface area (Å²) in [4.78, 5) is 43.0. The van der Waals surface area contributed by atoms with Crippen LogP contribution >= 0.6 is 0 Å². The summed E-state index contributed by atoms with van der Waals surface area (Å²) in [7, 11) is 1.81. The molecule has 4 amide bonds. The zero-order valence-corrected chi connectivity index (χ0v) is 17.0. The number of carbonyl (C=O) groups excluding carboxylic acids is 3. The molecule has 8 nitrogen and oxygen atoms in total. The van der Waals surface area contributed by atoms with Crippen LogP contribution in [0.25, 0.3) is 0 Å². The molecule has 0 bridgehead atoms. The molecule has 0 aromatic carbocycles. The van der Waals surface area contributed by atoms with Crippen molar-refractivity contribution in [3.63, 3.8) is 0 Å². The summed E-state index contributed by atoms with van der Waals surface area (Å²) in [5, 5.41) is 2.64. The average Bonchev–Trinajstić information content (AvgIpc) is 3.32. The zero-order valence-electron chi connectivity index (χ0n) is 17.0. The fourth-order valence-corrected chi connectivity index (χ4v) is 5.00. The molecule has 4 rings (SSSR count). The van der Waals surface area contributed by atoms with Gasteiger partial charge >= 0.3 is 6.03 Å². The molecule has 8 heteroatoms. The van der Waals surface area contributed by atoms with E-state index in [0.717, 1.165) is 11.3 Å². The number of nitrogens with one attached hydrogen (secondary N) is 1. The lowest BCUT2D eigenvalue weighted by atomic mass is 9.83. The second-order valence-electron chi connectivity index (χ2n) is 8.49. The van der Waals surface area contributed by atoms with Gasteiger partial charge in [0, 0.05) is 19.6 Å². The molecule has 1 aromatic rings. The second kappa shape index (κ2) is 8.57. The number of piperidine rings is 2. The van der Waals surface area contributed by atoms with E-state index in [4.69, 9.17) is 4.42 Å². The van der Waals surface area contributed by atoms with Gasteiger partial charge < -0.3 is 19.5 Å². The Morgan fingerprint density at radius 3 is 2.86 bits per heavy atom. The smallest absolute Gasteiger partial charge is 0.325 e. The van der Waals surface area contributed by atoms with E-state index in [1.165, 1.54) is 45.0 Å². The van der Waals surface area contributed by atoms with Crippen molar-refractivity contribution in [2.24, 2.45) is 5.92 Å². The molecule has 4 heterocycles. The normalized spacial score (nSPS) is 27.6. The molecule has 0 spiro atoms. The monoisotopic (exact) mass is 402 g/mol. The summed E-state index contributed by atoms with van der Waals surface area (Å²) < 4.78 is 5.22. The number of hydrogen-bond acceptors (Lipinski definition) is 5. The summed E-state index contributed by atoms with van der Waals surface area (Å²) >= 11 is 0. The third-order valence-corrected chi connectivity index (χ3v) is 6.54. The molecule has 158 valence electrons. The standard InChI is InChI=1S/C21H30N4O4/c1-23(13-15-6-4-10-24-9-3-2-8-18(15)24)19(26)12-17-20(27)25(21(28)22-17)14-16-7-5-11-29-16/h5,7,11,15,17-18H,2-4,6,8-10,12-14H2,1H3,(H,22,28)/t15-,17+,18+/m0/s1. The van der Waals surface area contributed by atoms with Gasteiger partial charge in [0.2, 0.25) is 5.91 Å². The topological polar surface area (TPSA) is 86.1 Å². The van der Waals surface area contributed by atoms with Gasteiger partial charge in [-0.25, -0.2) is 4.79 Å². The van der Waals surface area contributed by atoms with Crippen molar-refractivity contribution in [1.82, 2.24) is 20.0 Å². The van der Waals surface area contributed by atoms with Crippen LogP contribution in [0.5, 0.6) is 0 Å². The molecular weight excluding hydrogens is 372 g/mol. The highest BCUT2D eigenvalue weighted by atomic mass is 16.3. The van der Waals surface area contributed by atoms with Gasteiger partial charge in [-0.3, -0.25) is 14.5 Å². The van der Waals surface area contributed by atoms with Crippen LogP contribution in [0.4, 0.5) is 4.79 Å². The van der Waals surface area contributed by atoms with E-state index in [0.29, 0.717) is 24.3 Å². The van der Waals surface area contributed by atoms with E-state index in [1.807, 2.05) is 7.05 Å². The number of nitrogens with zero attached hydrogens (tertiary/aromatic N) is 3. The van der Waals surface area contributed by atoms with E-state index < -0.39 is 12.1 Å². The van der Waals surface area contributed by atoms with Crippen LogP contribution in [0.1, 0.15) is 44.3 Å². The number of hydrogen-bond donors (Lipinski definition) is 1. The molecule has 3 fully saturated rings. The Balaban J connectivity index is 1.31. The van der Waals surface area contributed by atoms with Crippen LogP contribution in [0, 0.1) is 5.92 Å². The minimum Gasteiger partial charge on any atom is -0.467 e. The quantitative estimate of drug-likeness (QED) is 0.734. The van der Waals surface area contributed by atoms with E-state index >= 15 is 0 Å². The Bertz CT molecular complexity index is 748. The highest BCUT2D eigenvalue weighted by molar-refractivity contribution is 6.05. The molecule has 1 aromatic heterocycles. The van der Waals surface area contributed by atoms with E-state index in [2.05, 4.69) is 10.2 Å². The van der Waals surface area contributed by atoms with Gasteiger partial charge in [-0.15, -0.1) is 0 Å². The molecule has 0 radical (unpaired) electrons. The van der Waals surface area contributed by atoms with Crippen molar-refractivity contribution in [2.75, 3.05) is 26.7 Å². The van der Waals surface area contributed by atoms with Crippen molar-refractivity contribution >= 4 is 17.8 Å². The Hall–Kier alpha value is -2.35. The molecule has 3 atom stereocenters. The Morgan fingerprint density at radius 2 is 2.07 bits per heavy atom. The van der Waals surface area contributed by atoms with Gasteiger partial charge in [-0.05, 0) is 56.8 Å². The Morgan fingerprint density at radius 1 is 1.24 bits per heavy atom. The summed E-state index contributed by atoms with van der Waals surface area (Å²) in [6, 6.07) is 2.72. The molecule has 0 saturated carbocycles. The van der Waals surface area contributed by atoms with Crippen LogP contribution in [-0.2, 0) is 16.1 Å². The predicted octanol–water partition coefficient (Wildman–Crippen LogP) is 1.81. The van der Waals surface area contributed by atoms with E-state index in [1.54, 1.807) is 17.0 Å². The molecular formula is C21H30N4O4. The van der Waals surface area contributed by atoms with E-state index in [9.17, 15) is 14.4 Å². The molecule has 0 unspecified atom stereocenters. The van der Waals surface area contributed by atoms with Gasteiger partial charge in [0.1, 0.15) is 11.8 Å². The minimum absolute atomic E-state index is 0.00315. The number of fused-ring (bicyclic) bond motifs is 1. The second-order valence-corrected chi connectivity index (χ2v) is 8.49. The predicted molar refractivity (Wildman–Crippen MR) is 106 cm³/mol. The lowest BCUT2D eigenvalue weighted by Gasteiger charge is -2.45. The fourth-order valence-electron chi connectivity index (χ4n) is 5.00. The number of carbonyl (C=O) groups is 3. The zero-order chi connectivity index (χ0) is 20.4. The third-order valence-electron chi connectivity index (χ3n) is 6.54. The summed E-state index contributed by atoms with van der Waals surface area (Å²) in [5.41, 5.74) is 0.